The molecule has 6 heteroatoms. The summed E-state index contributed by atoms with van der Waals surface area (Å²) >= 11 is 5.60. The first-order valence-electron chi connectivity index (χ1n) is 8.71. The van der Waals surface area contributed by atoms with E-state index in [-0.39, 0.29) is 5.91 Å². The lowest BCUT2D eigenvalue weighted by atomic mass is 10.0. The predicted octanol–water partition coefficient (Wildman–Crippen LogP) is 4.25. The number of nitrogens with one attached hydrogen (secondary N) is 1. The average Bonchev–Trinajstić information content (AvgIpc) is 2.74. The minimum Gasteiger partial charge on any atom is -0.497 e. The maximum atomic E-state index is 11.9. The highest BCUT2D eigenvalue weighted by Gasteiger charge is 2.09. The van der Waals surface area contributed by atoms with E-state index < -0.39 is 0 Å². The van der Waals surface area contributed by atoms with Crippen molar-refractivity contribution in [2.45, 2.75) is 0 Å². The van der Waals surface area contributed by atoms with Gasteiger partial charge in [-0.15, -0.1) is 11.6 Å². The lowest BCUT2D eigenvalue weighted by molar-refractivity contribution is -0.116. The first kappa shape index (κ1) is 21.4. The van der Waals surface area contributed by atoms with Gasteiger partial charge in [0.25, 0.3) is 0 Å². The van der Waals surface area contributed by atoms with Crippen LogP contribution in [-0.4, -0.2) is 39.7 Å². The number of ether oxygens (including phenoxy) is 3. The summed E-state index contributed by atoms with van der Waals surface area (Å²) in [6.45, 7) is 0.411. The standard InChI is InChI=1S/C22H24ClNO4/c1-26-18-8-5-16(6-9-18)4-7-17-14-19(27-2)15-21(28-3)20(17)10-11-22(25)24-13-12-23/h4-11,14-15H,12-13H2,1-3H3,(H,24,25)/b7-4+,11-10+. The lowest BCUT2D eigenvalue weighted by Crippen LogP contribution is -2.22. The molecule has 0 bridgehead atoms. The molecule has 0 saturated heterocycles. The third-order valence-electron chi connectivity index (χ3n) is 3.97. The molecule has 0 spiro atoms. The van der Waals surface area contributed by atoms with Crippen molar-refractivity contribution in [1.82, 2.24) is 5.32 Å². The van der Waals surface area contributed by atoms with Crippen LogP contribution in [0.1, 0.15) is 16.7 Å². The third kappa shape index (κ3) is 6.06. The molecule has 0 aliphatic carbocycles. The number of halogens is 1. The first-order valence-corrected chi connectivity index (χ1v) is 9.24. The summed E-state index contributed by atoms with van der Waals surface area (Å²) in [6.07, 6.45) is 7.10. The number of rotatable bonds is 9. The molecule has 0 saturated carbocycles. The fourth-order valence-electron chi connectivity index (χ4n) is 2.51. The molecule has 0 aromatic heterocycles. The fraction of sp³-hybridized carbons (Fsp3) is 0.227. The number of carbonyl (C=O) groups is 1. The number of benzene rings is 2. The van der Waals surface area contributed by atoms with E-state index in [4.69, 9.17) is 25.8 Å². The van der Waals surface area contributed by atoms with Crippen LogP contribution < -0.4 is 19.5 Å². The minimum absolute atomic E-state index is 0.219. The number of alkyl halides is 1. The number of hydrogen-bond donors (Lipinski definition) is 1. The summed E-state index contributed by atoms with van der Waals surface area (Å²) in [6, 6.07) is 11.4. The van der Waals surface area contributed by atoms with Crippen LogP contribution in [0.2, 0.25) is 0 Å². The van der Waals surface area contributed by atoms with Gasteiger partial charge in [0.05, 0.1) is 21.3 Å². The van der Waals surface area contributed by atoms with Crippen LogP contribution in [0.15, 0.2) is 42.5 Å². The molecular formula is C22H24ClNO4. The monoisotopic (exact) mass is 401 g/mol. The summed E-state index contributed by atoms with van der Waals surface area (Å²) in [4.78, 5) is 11.9. The summed E-state index contributed by atoms with van der Waals surface area (Å²) < 4.78 is 16.0. The maximum Gasteiger partial charge on any atom is 0.244 e. The van der Waals surface area contributed by atoms with Crippen molar-refractivity contribution in [2.75, 3.05) is 33.8 Å². The Hall–Kier alpha value is -2.92. The second-order valence-corrected chi connectivity index (χ2v) is 6.13. The summed E-state index contributed by atoms with van der Waals surface area (Å²) in [5.41, 5.74) is 2.64. The van der Waals surface area contributed by atoms with Crippen molar-refractivity contribution < 1.29 is 19.0 Å². The molecule has 0 atom stereocenters. The van der Waals surface area contributed by atoms with Gasteiger partial charge in [0.1, 0.15) is 17.2 Å². The Labute approximate surface area is 170 Å². The summed E-state index contributed by atoms with van der Waals surface area (Å²) in [7, 11) is 4.81. The van der Waals surface area contributed by atoms with Gasteiger partial charge in [0, 0.05) is 30.1 Å². The van der Waals surface area contributed by atoms with Crippen LogP contribution in [0.25, 0.3) is 18.2 Å². The predicted molar refractivity (Wildman–Crippen MR) is 114 cm³/mol. The van der Waals surface area contributed by atoms with Gasteiger partial charge in [-0.2, -0.15) is 0 Å². The van der Waals surface area contributed by atoms with Gasteiger partial charge in [-0.1, -0.05) is 24.3 Å². The number of amides is 1. The van der Waals surface area contributed by atoms with Crippen LogP contribution >= 0.6 is 11.6 Å². The zero-order chi connectivity index (χ0) is 20.4. The lowest BCUT2D eigenvalue weighted by Gasteiger charge is -2.11. The van der Waals surface area contributed by atoms with Gasteiger partial charge in [0.15, 0.2) is 0 Å². The van der Waals surface area contributed by atoms with Crippen LogP contribution in [0.3, 0.4) is 0 Å². The van der Waals surface area contributed by atoms with Crippen molar-refractivity contribution in [3.63, 3.8) is 0 Å². The molecule has 1 amide bonds. The van der Waals surface area contributed by atoms with Gasteiger partial charge < -0.3 is 19.5 Å². The minimum atomic E-state index is -0.219. The first-order chi connectivity index (χ1) is 13.6. The van der Waals surface area contributed by atoms with Crippen molar-refractivity contribution in [3.05, 3.63) is 59.2 Å². The third-order valence-corrected chi connectivity index (χ3v) is 4.16. The highest BCUT2D eigenvalue weighted by molar-refractivity contribution is 6.18. The molecule has 0 aliphatic heterocycles. The number of hydrogen-bond acceptors (Lipinski definition) is 4. The molecule has 2 aromatic carbocycles. The molecule has 28 heavy (non-hydrogen) atoms. The van der Waals surface area contributed by atoms with E-state index in [9.17, 15) is 4.79 Å². The van der Waals surface area contributed by atoms with E-state index in [1.165, 1.54) is 6.08 Å². The Balaban J connectivity index is 2.37. The van der Waals surface area contributed by atoms with E-state index in [0.717, 1.165) is 22.4 Å². The van der Waals surface area contributed by atoms with Gasteiger partial charge in [-0.3, -0.25) is 4.79 Å². The molecule has 0 unspecified atom stereocenters. The highest BCUT2D eigenvalue weighted by Crippen LogP contribution is 2.31. The SMILES string of the molecule is COc1ccc(/C=C/c2cc(OC)cc(OC)c2/C=C/C(=O)NCCCl)cc1. The maximum absolute atomic E-state index is 11.9. The van der Waals surface area contributed by atoms with Crippen molar-refractivity contribution >= 4 is 35.7 Å². The molecule has 2 aromatic rings. The molecule has 5 nitrogen and oxygen atoms in total. The fourth-order valence-corrected chi connectivity index (χ4v) is 2.61. The average molecular weight is 402 g/mol. The number of methoxy groups -OCH3 is 3. The normalized spacial score (nSPS) is 11.0. The number of carbonyl (C=O) groups excluding carboxylic acids is 1. The molecule has 148 valence electrons. The smallest absolute Gasteiger partial charge is 0.244 e. The van der Waals surface area contributed by atoms with Crippen molar-refractivity contribution in [1.29, 1.82) is 0 Å². The molecule has 0 fully saturated rings. The Morgan fingerprint density at radius 2 is 1.68 bits per heavy atom. The molecular weight excluding hydrogens is 378 g/mol. The quantitative estimate of drug-likeness (QED) is 0.387. The van der Waals surface area contributed by atoms with E-state index >= 15 is 0 Å². The Morgan fingerprint density at radius 3 is 2.29 bits per heavy atom. The summed E-state index contributed by atoms with van der Waals surface area (Å²) in [5.74, 6) is 2.21. The van der Waals surface area contributed by atoms with E-state index in [1.54, 1.807) is 33.5 Å². The molecule has 1 N–H and O–H groups in total. The van der Waals surface area contributed by atoms with E-state index in [2.05, 4.69) is 5.32 Å². The van der Waals surface area contributed by atoms with Crippen molar-refractivity contribution in [2.24, 2.45) is 0 Å². The van der Waals surface area contributed by atoms with Crippen molar-refractivity contribution in [3.8, 4) is 17.2 Å². The molecule has 0 radical (unpaired) electrons. The van der Waals surface area contributed by atoms with E-state index in [1.807, 2.05) is 42.5 Å². The van der Waals surface area contributed by atoms with E-state index in [0.29, 0.717) is 23.9 Å². The molecule has 0 aliphatic rings. The van der Waals surface area contributed by atoms with Crippen LogP contribution in [0.4, 0.5) is 0 Å². The van der Waals surface area contributed by atoms with Gasteiger partial charge >= 0.3 is 0 Å². The second-order valence-electron chi connectivity index (χ2n) is 5.75. The van der Waals surface area contributed by atoms with Gasteiger partial charge in [-0.05, 0) is 35.4 Å². The molecule has 0 heterocycles. The largest absolute Gasteiger partial charge is 0.497 e. The summed E-state index contributed by atoms with van der Waals surface area (Å²) in [5, 5.41) is 2.70. The van der Waals surface area contributed by atoms with Gasteiger partial charge in [-0.25, -0.2) is 0 Å². The topological polar surface area (TPSA) is 56.8 Å². The Morgan fingerprint density at radius 1 is 0.964 bits per heavy atom. The van der Waals surface area contributed by atoms with Crippen LogP contribution in [0.5, 0.6) is 17.2 Å². The van der Waals surface area contributed by atoms with Gasteiger partial charge in [0.2, 0.25) is 5.91 Å². The Kier molecular flexibility index (Phi) is 8.43. The van der Waals surface area contributed by atoms with Crippen LogP contribution in [-0.2, 0) is 4.79 Å². The van der Waals surface area contributed by atoms with Crippen LogP contribution in [0, 0.1) is 0 Å². The Bertz CT molecular complexity index is 844. The molecule has 2 rings (SSSR count). The second kappa shape index (κ2) is 11.0. The highest BCUT2D eigenvalue weighted by atomic mass is 35.5. The zero-order valence-corrected chi connectivity index (χ0v) is 17.0. The zero-order valence-electron chi connectivity index (χ0n) is 16.2.